The lowest BCUT2D eigenvalue weighted by Crippen LogP contribution is -2.16. The number of rotatable bonds is 5. The van der Waals surface area contributed by atoms with E-state index in [1.807, 2.05) is 6.92 Å². The third-order valence-electron chi connectivity index (χ3n) is 1.99. The molecule has 0 heterocycles. The van der Waals surface area contributed by atoms with E-state index in [9.17, 15) is 14.5 Å². The molecule has 0 radical (unpaired) electrons. The molecule has 15 heavy (non-hydrogen) atoms. The van der Waals surface area contributed by atoms with Gasteiger partial charge < -0.3 is 5.32 Å². The molecule has 0 aliphatic carbocycles. The van der Waals surface area contributed by atoms with E-state index in [1.165, 1.54) is 12.1 Å². The number of nitrogens with zero attached hydrogens (tertiary/aromatic N) is 1. The van der Waals surface area contributed by atoms with E-state index >= 15 is 0 Å². The SMILES string of the molecule is CCNCCc1cc(F)cc([N+](=O)[O-])c1. The summed E-state index contributed by atoms with van der Waals surface area (Å²) in [4.78, 5) is 9.88. The fourth-order valence-electron chi connectivity index (χ4n) is 1.29. The number of nitro benzene ring substituents is 1. The molecule has 0 unspecified atom stereocenters. The minimum Gasteiger partial charge on any atom is -0.317 e. The van der Waals surface area contributed by atoms with Gasteiger partial charge in [0.15, 0.2) is 0 Å². The largest absolute Gasteiger partial charge is 0.317 e. The average Bonchev–Trinajstić information content (AvgIpc) is 2.17. The van der Waals surface area contributed by atoms with Crippen LogP contribution in [-0.4, -0.2) is 18.0 Å². The van der Waals surface area contributed by atoms with Gasteiger partial charge >= 0.3 is 0 Å². The smallest absolute Gasteiger partial charge is 0.272 e. The van der Waals surface area contributed by atoms with Gasteiger partial charge in [-0.25, -0.2) is 4.39 Å². The Morgan fingerprint density at radius 2 is 2.20 bits per heavy atom. The third kappa shape index (κ3) is 3.63. The summed E-state index contributed by atoms with van der Waals surface area (Å²) in [5.74, 6) is -0.560. The van der Waals surface area contributed by atoms with E-state index in [0.717, 1.165) is 12.6 Å². The Balaban J connectivity index is 2.75. The molecule has 1 rings (SSSR count). The lowest BCUT2D eigenvalue weighted by atomic mass is 10.1. The molecule has 0 fully saturated rings. The molecule has 0 saturated heterocycles. The molecule has 5 heteroatoms. The van der Waals surface area contributed by atoms with E-state index in [1.54, 1.807) is 0 Å². The van der Waals surface area contributed by atoms with Crippen LogP contribution in [0.25, 0.3) is 0 Å². The van der Waals surface area contributed by atoms with Crippen LogP contribution in [0.15, 0.2) is 18.2 Å². The van der Waals surface area contributed by atoms with Crippen molar-refractivity contribution in [2.24, 2.45) is 0 Å². The molecule has 0 saturated carbocycles. The Kier molecular flexibility index (Phi) is 4.17. The molecule has 0 amide bonds. The second kappa shape index (κ2) is 5.41. The highest BCUT2D eigenvalue weighted by Crippen LogP contribution is 2.16. The minimum atomic E-state index is -0.584. The van der Waals surface area contributed by atoms with Gasteiger partial charge in [0.1, 0.15) is 5.82 Å². The number of hydrogen-bond donors (Lipinski definition) is 1. The standard InChI is InChI=1S/C10H13FN2O2/c1-2-12-4-3-8-5-9(11)7-10(6-8)13(14)15/h5-7,12H,2-4H2,1H3. The molecular weight excluding hydrogens is 199 g/mol. The summed E-state index contributed by atoms with van der Waals surface area (Å²) in [5, 5.41) is 13.5. The Morgan fingerprint density at radius 1 is 1.47 bits per heavy atom. The highest BCUT2D eigenvalue weighted by atomic mass is 19.1. The fourth-order valence-corrected chi connectivity index (χ4v) is 1.29. The van der Waals surface area contributed by atoms with E-state index in [0.29, 0.717) is 18.5 Å². The molecule has 0 bridgehead atoms. The van der Waals surface area contributed by atoms with Gasteiger partial charge in [-0.2, -0.15) is 0 Å². The molecule has 0 aliphatic rings. The molecule has 1 aromatic carbocycles. The fraction of sp³-hybridized carbons (Fsp3) is 0.400. The van der Waals surface area contributed by atoms with Crippen molar-refractivity contribution >= 4 is 5.69 Å². The Labute approximate surface area is 87.3 Å². The van der Waals surface area contributed by atoms with Crippen molar-refractivity contribution in [2.45, 2.75) is 13.3 Å². The van der Waals surface area contributed by atoms with Crippen molar-refractivity contribution in [1.29, 1.82) is 0 Å². The first-order valence-corrected chi connectivity index (χ1v) is 4.78. The van der Waals surface area contributed by atoms with Crippen LogP contribution in [0.1, 0.15) is 12.5 Å². The van der Waals surface area contributed by atoms with Gasteiger partial charge in [0, 0.05) is 6.07 Å². The first-order valence-electron chi connectivity index (χ1n) is 4.78. The number of hydrogen-bond acceptors (Lipinski definition) is 3. The second-order valence-corrected chi connectivity index (χ2v) is 3.18. The number of benzene rings is 1. The maximum atomic E-state index is 13.0. The zero-order chi connectivity index (χ0) is 11.3. The van der Waals surface area contributed by atoms with Crippen molar-refractivity contribution in [2.75, 3.05) is 13.1 Å². The van der Waals surface area contributed by atoms with E-state index in [2.05, 4.69) is 5.32 Å². The van der Waals surface area contributed by atoms with Crippen molar-refractivity contribution in [1.82, 2.24) is 5.32 Å². The molecule has 1 aromatic rings. The third-order valence-corrected chi connectivity index (χ3v) is 1.99. The van der Waals surface area contributed by atoms with Gasteiger partial charge in [-0.1, -0.05) is 6.92 Å². The van der Waals surface area contributed by atoms with Crippen molar-refractivity contribution in [3.8, 4) is 0 Å². The Hall–Kier alpha value is -1.49. The highest BCUT2D eigenvalue weighted by molar-refractivity contribution is 5.35. The van der Waals surface area contributed by atoms with Crippen LogP contribution in [0.3, 0.4) is 0 Å². The number of halogens is 1. The van der Waals surface area contributed by atoms with E-state index in [4.69, 9.17) is 0 Å². The van der Waals surface area contributed by atoms with Crippen molar-refractivity contribution in [3.05, 3.63) is 39.7 Å². The van der Waals surface area contributed by atoms with Gasteiger partial charge in [-0.15, -0.1) is 0 Å². The van der Waals surface area contributed by atoms with Crippen molar-refractivity contribution in [3.63, 3.8) is 0 Å². The molecular formula is C10H13FN2O2. The lowest BCUT2D eigenvalue weighted by molar-refractivity contribution is -0.385. The maximum Gasteiger partial charge on any atom is 0.272 e. The molecule has 0 aliphatic heterocycles. The summed E-state index contributed by atoms with van der Waals surface area (Å²) in [6.07, 6.45) is 0.590. The van der Waals surface area contributed by atoms with Crippen LogP contribution in [-0.2, 0) is 6.42 Å². The molecule has 0 aromatic heterocycles. The molecule has 4 nitrogen and oxygen atoms in total. The van der Waals surface area contributed by atoms with Crippen LogP contribution in [0, 0.1) is 15.9 Å². The predicted molar refractivity (Wildman–Crippen MR) is 55.3 cm³/mol. The van der Waals surface area contributed by atoms with Crippen molar-refractivity contribution < 1.29 is 9.31 Å². The normalized spacial score (nSPS) is 10.3. The summed E-state index contributed by atoms with van der Waals surface area (Å²) in [6, 6.07) is 3.65. The molecule has 1 N–H and O–H groups in total. The Bertz CT molecular complexity index is 355. The van der Waals surface area contributed by atoms with Crippen LogP contribution < -0.4 is 5.32 Å². The van der Waals surface area contributed by atoms with Crippen LogP contribution in [0.5, 0.6) is 0 Å². The monoisotopic (exact) mass is 212 g/mol. The summed E-state index contributed by atoms with van der Waals surface area (Å²) >= 11 is 0. The van der Waals surface area contributed by atoms with Crippen LogP contribution in [0.2, 0.25) is 0 Å². The van der Waals surface area contributed by atoms with Gasteiger partial charge in [-0.3, -0.25) is 10.1 Å². The Morgan fingerprint density at radius 3 is 2.80 bits per heavy atom. The second-order valence-electron chi connectivity index (χ2n) is 3.18. The summed E-state index contributed by atoms with van der Waals surface area (Å²) in [6.45, 7) is 3.49. The quantitative estimate of drug-likeness (QED) is 0.460. The zero-order valence-electron chi connectivity index (χ0n) is 8.50. The molecule has 0 spiro atoms. The van der Waals surface area contributed by atoms with Gasteiger partial charge in [0.2, 0.25) is 0 Å². The van der Waals surface area contributed by atoms with Crippen LogP contribution in [0.4, 0.5) is 10.1 Å². The summed E-state index contributed by atoms with van der Waals surface area (Å²) in [7, 11) is 0. The van der Waals surface area contributed by atoms with Gasteiger partial charge in [0.25, 0.3) is 5.69 Å². The van der Waals surface area contributed by atoms with Gasteiger partial charge in [-0.05, 0) is 31.1 Å². The summed E-state index contributed by atoms with van der Waals surface area (Å²) < 4.78 is 13.0. The first-order chi connectivity index (χ1) is 7.13. The predicted octanol–water partition coefficient (Wildman–Crippen LogP) is 1.89. The first kappa shape index (κ1) is 11.6. The number of nitro groups is 1. The number of nitrogens with one attached hydrogen (secondary N) is 1. The lowest BCUT2D eigenvalue weighted by Gasteiger charge is -2.02. The summed E-state index contributed by atoms with van der Waals surface area (Å²) in [5.41, 5.74) is 0.448. The highest BCUT2D eigenvalue weighted by Gasteiger charge is 2.09. The molecule has 82 valence electrons. The molecule has 0 atom stereocenters. The number of likely N-dealkylation sites (N-methyl/N-ethyl adjacent to an activating group) is 1. The van der Waals surface area contributed by atoms with Gasteiger partial charge in [0.05, 0.1) is 11.0 Å². The number of non-ortho nitro benzene ring substituents is 1. The average molecular weight is 212 g/mol. The maximum absolute atomic E-state index is 13.0. The van der Waals surface area contributed by atoms with Crippen LogP contribution >= 0.6 is 0 Å². The van der Waals surface area contributed by atoms with E-state index in [-0.39, 0.29) is 5.69 Å². The van der Waals surface area contributed by atoms with E-state index < -0.39 is 10.7 Å². The topological polar surface area (TPSA) is 55.2 Å². The minimum absolute atomic E-state index is 0.193. The zero-order valence-corrected chi connectivity index (χ0v) is 8.50.